The third-order valence-corrected chi connectivity index (χ3v) is 5.21. The Hall–Kier alpha value is -1.37. The van der Waals surface area contributed by atoms with Gasteiger partial charge in [-0.3, -0.25) is 9.59 Å². The van der Waals surface area contributed by atoms with E-state index in [-0.39, 0.29) is 17.4 Å². The number of piperidine rings is 1. The smallest absolute Gasteiger partial charge is 0.282 e. The zero-order valence-electron chi connectivity index (χ0n) is 14.1. The van der Waals surface area contributed by atoms with E-state index in [4.69, 9.17) is 0 Å². The third kappa shape index (κ3) is 4.13. The van der Waals surface area contributed by atoms with Crippen LogP contribution in [-0.2, 0) is 11.8 Å². The van der Waals surface area contributed by atoms with Gasteiger partial charge in [0, 0.05) is 39.6 Å². The SMILES string of the molecule is CCCCN(C)C(=O)C1CCN(c2cnn(C)c(=O)c2Br)CC1. The number of unbranched alkanes of at least 4 members (excludes halogenated alkanes) is 1. The molecule has 6 nitrogen and oxygen atoms in total. The molecule has 0 unspecified atom stereocenters. The normalized spacial score (nSPS) is 15.7. The Morgan fingerprint density at radius 2 is 2.09 bits per heavy atom. The van der Waals surface area contributed by atoms with E-state index in [0.29, 0.717) is 4.47 Å². The first-order chi connectivity index (χ1) is 11.0. The molecule has 0 aliphatic carbocycles. The van der Waals surface area contributed by atoms with Crippen molar-refractivity contribution in [3.05, 3.63) is 21.0 Å². The summed E-state index contributed by atoms with van der Waals surface area (Å²) in [5.41, 5.74) is 0.679. The van der Waals surface area contributed by atoms with Crippen LogP contribution in [0.4, 0.5) is 5.69 Å². The lowest BCUT2D eigenvalue weighted by Gasteiger charge is -2.34. The summed E-state index contributed by atoms with van der Waals surface area (Å²) in [5, 5.41) is 4.09. The van der Waals surface area contributed by atoms with Gasteiger partial charge in [0.25, 0.3) is 5.56 Å². The second-order valence-electron chi connectivity index (χ2n) is 6.15. The summed E-state index contributed by atoms with van der Waals surface area (Å²) in [6.07, 6.45) is 5.49. The van der Waals surface area contributed by atoms with E-state index < -0.39 is 0 Å². The van der Waals surface area contributed by atoms with Crippen LogP contribution in [0.15, 0.2) is 15.5 Å². The molecule has 0 atom stereocenters. The number of amides is 1. The van der Waals surface area contributed by atoms with E-state index in [1.54, 1.807) is 13.2 Å². The molecule has 0 bridgehead atoms. The molecule has 2 heterocycles. The second-order valence-corrected chi connectivity index (χ2v) is 6.94. The van der Waals surface area contributed by atoms with Crippen molar-refractivity contribution in [2.24, 2.45) is 13.0 Å². The van der Waals surface area contributed by atoms with Crippen LogP contribution in [0.5, 0.6) is 0 Å². The lowest BCUT2D eigenvalue weighted by atomic mass is 9.95. The van der Waals surface area contributed by atoms with Gasteiger partial charge in [0.2, 0.25) is 5.91 Å². The molecular weight excluding hydrogens is 360 g/mol. The Labute approximate surface area is 145 Å². The topological polar surface area (TPSA) is 58.4 Å². The number of hydrogen-bond donors (Lipinski definition) is 0. The highest BCUT2D eigenvalue weighted by molar-refractivity contribution is 9.10. The summed E-state index contributed by atoms with van der Waals surface area (Å²) in [6.45, 7) is 4.50. The van der Waals surface area contributed by atoms with E-state index in [0.717, 1.165) is 51.0 Å². The summed E-state index contributed by atoms with van der Waals surface area (Å²) < 4.78 is 1.85. The molecule has 1 aromatic rings. The molecule has 1 saturated heterocycles. The minimum absolute atomic E-state index is 0.0892. The Bertz CT molecular complexity index is 609. The van der Waals surface area contributed by atoms with Crippen LogP contribution in [0.1, 0.15) is 32.6 Å². The number of halogens is 1. The molecule has 1 amide bonds. The van der Waals surface area contributed by atoms with Crippen LogP contribution >= 0.6 is 15.9 Å². The van der Waals surface area contributed by atoms with Crippen molar-refractivity contribution in [3.63, 3.8) is 0 Å². The maximum atomic E-state index is 12.4. The monoisotopic (exact) mass is 384 g/mol. The Morgan fingerprint density at radius 1 is 1.43 bits per heavy atom. The predicted octanol–water partition coefficient (Wildman–Crippen LogP) is 2.02. The number of rotatable bonds is 5. The molecule has 2 rings (SSSR count). The Morgan fingerprint density at radius 3 is 2.70 bits per heavy atom. The predicted molar refractivity (Wildman–Crippen MR) is 94.7 cm³/mol. The van der Waals surface area contributed by atoms with Crippen LogP contribution < -0.4 is 10.5 Å². The molecule has 23 heavy (non-hydrogen) atoms. The first-order valence-electron chi connectivity index (χ1n) is 8.17. The van der Waals surface area contributed by atoms with Gasteiger partial charge in [-0.1, -0.05) is 13.3 Å². The van der Waals surface area contributed by atoms with Crippen LogP contribution in [0, 0.1) is 5.92 Å². The van der Waals surface area contributed by atoms with Crippen LogP contribution in [-0.4, -0.2) is 47.3 Å². The number of carbonyl (C=O) groups is 1. The molecule has 0 N–H and O–H groups in total. The van der Waals surface area contributed by atoms with Gasteiger partial charge >= 0.3 is 0 Å². The number of hydrogen-bond acceptors (Lipinski definition) is 4. The maximum absolute atomic E-state index is 12.4. The van der Waals surface area contributed by atoms with Gasteiger partial charge < -0.3 is 9.80 Å². The van der Waals surface area contributed by atoms with Crippen LogP contribution in [0.25, 0.3) is 0 Å². The lowest BCUT2D eigenvalue weighted by Crippen LogP contribution is -2.42. The van der Waals surface area contributed by atoms with Crippen molar-refractivity contribution in [1.82, 2.24) is 14.7 Å². The van der Waals surface area contributed by atoms with Crippen molar-refractivity contribution in [1.29, 1.82) is 0 Å². The van der Waals surface area contributed by atoms with Crippen molar-refractivity contribution in [3.8, 4) is 0 Å². The van der Waals surface area contributed by atoms with Crippen molar-refractivity contribution >= 4 is 27.5 Å². The number of aryl methyl sites for hydroxylation is 1. The quantitative estimate of drug-likeness (QED) is 0.778. The van der Waals surface area contributed by atoms with Crippen LogP contribution in [0.3, 0.4) is 0 Å². The largest absolute Gasteiger partial charge is 0.369 e. The lowest BCUT2D eigenvalue weighted by molar-refractivity contribution is -0.134. The number of carbonyl (C=O) groups excluding carboxylic acids is 1. The maximum Gasteiger partial charge on any atom is 0.282 e. The van der Waals surface area contributed by atoms with Gasteiger partial charge in [-0.2, -0.15) is 5.10 Å². The van der Waals surface area contributed by atoms with Crippen LogP contribution in [0.2, 0.25) is 0 Å². The fourth-order valence-electron chi connectivity index (χ4n) is 2.91. The minimum Gasteiger partial charge on any atom is -0.369 e. The van der Waals surface area contributed by atoms with Crippen molar-refractivity contribution < 1.29 is 4.79 Å². The van der Waals surface area contributed by atoms with Gasteiger partial charge in [0.1, 0.15) is 4.47 Å². The van der Waals surface area contributed by atoms with Gasteiger partial charge in [0.05, 0.1) is 11.9 Å². The molecule has 7 heteroatoms. The Balaban J connectivity index is 1.98. The molecule has 0 saturated carbocycles. The fraction of sp³-hybridized carbons (Fsp3) is 0.688. The van der Waals surface area contributed by atoms with Gasteiger partial charge in [-0.25, -0.2) is 4.68 Å². The molecule has 1 aliphatic heterocycles. The summed E-state index contributed by atoms with van der Waals surface area (Å²) in [6, 6.07) is 0. The molecule has 0 spiro atoms. The second kappa shape index (κ2) is 7.95. The summed E-state index contributed by atoms with van der Waals surface area (Å²) >= 11 is 3.37. The summed E-state index contributed by atoms with van der Waals surface area (Å²) in [5.74, 6) is 0.339. The molecule has 0 aromatic carbocycles. The molecule has 1 aromatic heterocycles. The zero-order chi connectivity index (χ0) is 17.0. The highest BCUT2D eigenvalue weighted by Gasteiger charge is 2.28. The summed E-state index contributed by atoms with van der Waals surface area (Å²) in [4.78, 5) is 28.4. The molecule has 128 valence electrons. The van der Waals surface area contributed by atoms with Gasteiger partial charge in [-0.15, -0.1) is 0 Å². The third-order valence-electron chi connectivity index (χ3n) is 4.47. The fourth-order valence-corrected chi connectivity index (χ4v) is 3.52. The van der Waals surface area contributed by atoms with E-state index in [1.807, 2.05) is 11.9 Å². The number of anilines is 1. The molecule has 1 fully saturated rings. The van der Waals surface area contributed by atoms with E-state index in [2.05, 4.69) is 32.9 Å². The first-order valence-corrected chi connectivity index (χ1v) is 8.96. The van der Waals surface area contributed by atoms with Crippen molar-refractivity contribution in [2.75, 3.05) is 31.6 Å². The zero-order valence-corrected chi connectivity index (χ0v) is 15.7. The Kier molecular flexibility index (Phi) is 6.21. The van der Waals surface area contributed by atoms with E-state index in [1.165, 1.54) is 4.68 Å². The highest BCUT2D eigenvalue weighted by atomic mass is 79.9. The standard InChI is InChI=1S/C16H25BrN4O2/c1-4-5-8-19(2)15(22)12-6-9-21(10-7-12)13-11-18-20(3)16(23)14(13)17/h11-12H,4-10H2,1-3H3. The van der Waals surface area contributed by atoms with Gasteiger partial charge in [0.15, 0.2) is 0 Å². The molecule has 0 radical (unpaired) electrons. The molecule has 1 aliphatic rings. The molecular formula is C16H25BrN4O2. The first kappa shape index (κ1) is 18.0. The number of nitrogens with zero attached hydrogens (tertiary/aromatic N) is 4. The minimum atomic E-state index is -0.139. The number of aromatic nitrogens is 2. The average Bonchev–Trinajstić information content (AvgIpc) is 2.57. The van der Waals surface area contributed by atoms with Crippen molar-refractivity contribution in [2.45, 2.75) is 32.6 Å². The summed E-state index contributed by atoms with van der Waals surface area (Å²) in [7, 11) is 3.53. The van der Waals surface area contributed by atoms with E-state index >= 15 is 0 Å². The average molecular weight is 385 g/mol. The van der Waals surface area contributed by atoms with Gasteiger partial charge in [-0.05, 0) is 35.2 Å². The van der Waals surface area contributed by atoms with E-state index in [9.17, 15) is 9.59 Å². The highest BCUT2D eigenvalue weighted by Crippen LogP contribution is 2.27.